The van der Waals surface area contributed by atoms with E-state index in [-0.39, 0.29) is 12.8 Å². The molecule has 318 valence electrons. The number of nitrogens with one attached hydrogen (secondary N) is 7. The highest BCUT2D eigenvalue weighted by molar-refractivity contribution is 6.15. The summed E-state index contributed by atoms with van der Waals surface area (Å²) >= 11 is 0. The topological polar surface area (TPSA) is 382 Å². The monoisotopic (exact) mass is 813 g/mol. The summed E-state index contributed by atoms with van der Waals surface area (Å²) in [5.41, 5.74) is 4.90. The van der Waals surface area contributed by atoms with Gasteiger partial charge in [0.05, 0.1) is 12.1 Å². The minimum atomic E-state index is -1.78. The van der Waals surface area contributed by atoms with Crippen molar-refractivity contribution in [1.29, 1.82) is 0 Å². The highest BCUT2D eigenvalue weighted by atomic mass is 16.4. The van der Waals surface area contributed by atoms with Crippen LogP contribution in [-0.2, 0) is 52.7 Å². The van der Waals surface area contributed by atoms with Crippen molar-refractivity contribution in [2.24, 2.45) is 5.73 Å². The number of carboxylic acid groups (broad SMARTS) is 4. The molecule has 1 rings (SSSR count). The van der Waals surface area contributed by atoms with E-state index in [2.05, 4.69) is 37.2 Å². The Kier molecular flexibility index (Phi) is 19.9. The summed E-state index contributed by atoms with van der Waals surface area (Å²) in [7, 11) is 1.33. The summed E-state index contributed by atoms with van der Waals surface area (Å²) in [6, 6.07) is -9.19. The van der Waals surface area contributed by atoms with E-state index in [0.29, 0.717) is 4.90 Å². The molecule has 0 unspecified atom stereocenters. The van der Waals surface area contributed by atoms with Gasteiger partial charge in [-0.3, -0.25) is 52.8 Å². The fourth-order valence-electron chi connectivity index (χ4n) is 5.19. The molecule has 0 radical (unpaired) electrons. The predicted molar refractivity (Wildman–Crippen MR) is 193 cm³/mol. The van der Waals surface area contributed by atoms with Crippen LogP contribution in [0.3, 0.4) is 0 Å². The number of nitrogens with two attached hydrogens (primary N) is 1. The van der Waals surface area contributed by atoms with Crippen molar-refractivity contribution in [3.63, 3.8) is 0 Å². The standard InChI is InChI=1S/C33H51N9O15/c1-33(2,3)41-18(7-12-26(49)50)29(53)39-19(14-37-31(55)21(13-34)42-22(43)8-9-23(42)44)30(54)38-17(6-11-25(47)48)27(51)36-15-20(32(56)57)40-28(52)16(35-4)5-10-24(45)46/h8-9,16-21,35,41H,5-7,10-15,34H2,1-4H3,(H,36,51)(H,37,55)(H,38,54)(H,39,53)(H,40,52)(H,45,46)(H,47,48)(H,49,50)(H,56,57)/t16-,17-,18-,19-,20-,21-/m0/s1. The second-order valence-corrected chi connectivity index (χ2v) is 13.7. The number of likely N-dealkylation sites (N-methyl/N-ethyl adjacent to an activating group) is 1. The molecule has 24 heteroatoms. The van der Waals surface area contributed by atoms with Crippen LogP contribution in [0.5, 0.6) is 0 Å². The second-order valence-electron chi connectivity index (χ2n) is 13.7. The van der Waals surface area contributed by atoms with Crippen molar-refractivity contribution in [3.8, 4) is 0 Å². The summed E-state index contributed by atoms with van der Waals surface area (Å²) in [6.45, 7) is 2.90. The first-order valence-corrected chi connectivity index (χ1v) is 17.6. The predicted octanol–water partition coefficient (Wildman–Crippen LogP) is -5.05. The van der Waals surface area contributed by atoms with Crippen molar-refractivity contribution in [2.75, 3.05) is 26.7 Å². The largest absolute Gasteiger partial charge is 0.481 e. The van der Waals surface area contributed by atoms with Crippen LogP contribution in [0.25, 0.3) is 0 Å². The van der Waals surface area contributed by atoms with Gasteiger partial charge in [0.2, 0.25) is 29.5 Å². The highest BCUT2D eigenvalue weighted by Gasteiger charge is 2.37. The molecule has 0 fully saturated rings. The lowest BCUT2D eigenvalue weighted by molar-refractivity contribution is -0.145. The van der Waals surface area contributed by atoms with E-state index >= 15 is 0 Å². The first kappa shape index (κ1) is 49.0. The Morgan fingerprint density at radius 2 is 1.02 bits per heavy atom. The summed E-state index contributed by atoms with van der Waals surface area (Å²) in [4.78, 5) is 137. The summed E-state index contributed by atoms with van der Waals surface area (Å²) in [6.07, 6.45) is -0.863. The number of amides is 7. The molecule has 0 saturated carbocycles. The van der Waals surface area contributed by atoms with Gasteiger partial charge in [-0.25, -0.2) is 4.79 Å². The maximum atomic E-state index is 13.8. The lowest BCUT2D eigenvalue weighted by atomic mass is 10.0. The molecule has 0 aromatic carbocycles. The van der Waals surface area contributed by atoms with Gasteiger partial charge < -0.3 is 63.4 Å². The van der Waals surface area contributed by atoms with Crippen LogP contribution in [0.4, 0.5) is 0 Å². The highest BCUT2D eigenvalue weighted by Crippen LogP contribution is 2.10. The van der Waals surface area contributed by atoms with Gasteiger partial charge in [0, 0.05) is 56.6 Å². The average Bonchev–Trinajstić information content (AvgIpc) is 3.44. The van der Waals surface area contributed by atoms with Crippen molar-refractivity contribution < 1.29 is 73.2 Å². The molecule has 13 N–H and O–H groups in total. The Hall–Kier alpha value is -6.01. The molecule has 7 amide bonds. The second kappa shape index (κ2) is 23.2. The summed E-state index contributed by atoms with van der Waals surface area (Å²) < 4.78 is 0. The van der Waals surface area contributed by atoms with Gasteiger partial charge in [0.1, 0.15) is 24.2 Å². The fourth-order valence-corrected chi connectivity index (χ4v) is 5.19. The van der Waals surface area contributed by atoms with Crippen LogP contribution >= 0.6 is 0 Å². The van der Waals surface area contributed by atoms with E-state index in [9.17, 15) is 68.1 Å². The maximum absolute atomic E-state index is 13.8. The number of aliphatic carboxylic acids is 4. The van der Waals surface area contributed by atoms with Gasteiger partial charge >= 0.3 is 23.9 Å². The summed E-state index contributed by atoms with van der Waals surface area (Å²) in [5, 5.41) is 53.9. The van der Waals surface area contributed by atoms with E-state index < -0.39 is 152 Å². The third kappa shape index (κ3) is 17.6. The van der Waals surface area contributed by atoms with Gasteiger partial charge in [-0.05, 0) is 47.1 Å². The number of hydrogen-bond acceptors (Lipinski definition) is 14. The molecule has 0 aromatic heterocycles. The summed E-state index contributed by atoms with van der Waals surface area (Å²) in [5.74, 6) is -12.4. The molecule has 1 aliphatic heterocycles. The minimum absolute atomic E-state index is 0.205. The molecular formula is C33H51N9O15. The molecule has 1 aliphatic rings. The van der Waals surface area contributed by atoms with Crippen LogP contribution in [0.15, 0.2) is 12.2 Å². The van der Waals surface area contributed by atoms with Gasteiger partial charge in [-0.15, -0.1) is 0 Å². The smallest absolute Gasteiger partial charge is 0.328 e. The number of nitrogens with zero attached hydrogens (tertiary/aromatic N) is 1. The zero-order valence-corrected chi connectivity index (χ0v) is 31.8. The molecule has 6 atom stereocenters. The molecule has 0 bridgehead atoms. The third-order valence-corrected chi connectivity index (χ3v) is 8.05. The van der Waals surface area contributed by atoms with E-state index in [1.165, 1.54) is 7.05 Å². The third-order valence-electron chi connectivity index (χ3n) is 8.05. The number of carboxylic acids is 4. The van der Waals surface area contributed by atoms with Gasteiger partial charge in [0.15, 0.2) is 0 Å². The Labute approximate surface area is 326 Å². The Morgan fingerprint density at radius 1 is 0.614 bits per heavy atom. The zero-order valence-electron chi connectivity index (χ0n) is 31.8. The van der Waals surface area contributed by atoms with E-state index in [0.717, 1.165) is 12.2 Å². The van der Waals surface area contributed by atoms with Crippen LogP contribution in [-0.4, -0.2) is 159 Å². The molecule has 57 heavy (non-hydrogen) atoms. The van der Waals surface area contributed by atoms with Crippen LogP contribution in [0.1, 0.15) is 59.3 Å². The first-order valence-electron chi connectivity index (χ1n) is 17.6. The van der Waals surface area contributed by atoms with E-state index in [4.69, 9.17) is 10.8 Å². The van der Waals surface area contributed by atoms with Crippen molar-refractivity contribution in [2.45, 2.75) is 101 Å². The number of imide groups is 1. The normalized spacial score (nSPS) is 15.6. The average molecular weight is 814 g/mol. The number of hydrogen-bond donors (Lipinski definition) is 12. The Balaban J connectivity index is 3.38. The van der Waals surface area contributed by atoms with Gasteiger partial charge in [-0.2, -0.15) is 0 Å². The number of carbonyl (C=O) groups is 11. The minimum Gasteiger partial charge on any atom is -0.481 e. The molecule has 0 aromatic rings. The van der Waals surface area contributed by atoms with Crippen LogP contribution < -0.4 is 43.0 Å². The molecule has 0 spiro atoms. The Morgan fingerprint density at radius 3 is 1.47 bits per heavy atom. The van der Waals surface area contributed by atoms with Gasteiger partial charge in [-0.1, -0.05) is 0 Å². The SMILES string of the molecule is CN[C@@H](CCC(=O)O)C(=O)N[C@@H](CNC(=O)[C@H](CCC(=O)O)NC(=O)[C@H](CNC(=O)[C@H](CN)N1C(=O)C=CC1=O)NC(=O)[C@H](CCC(=O)O)NC(C)(C)C)C(=O)O. The molecule has 24 nitrogen and oxygen atoms in total. The molecular weight excluding hydrogens is 762 g/mol. The van der Waals surface area contributed by atoms with Crippen molar-refractivity contribution in [3.05, 3.63) is 12.2 Å². The molecule has 0 saturated heterocycles. The molecule has 0 aliphatic carbocycles. The van der Waals surface area contributed by atoms with Crippen LogP contribution in [0, 0.1) is 0 Å². The quantitative estimate of drug-likeness (QED) is 0.0364. The molecule has 1 heterocycles. The van der Waals surface area contributed by atoms with Crippen LogP contribution in [0.2, 0.25) is 0 Å². The van der Waals surface area contributed by atoms with Crippen molar-refractivity contribution >= 4 is 65.2 Å². The Bertz CT molecular complexity index is 1560. The number of rotatable bonds is 26. The fraction of sp³-hybridized carbons (Fsp3) is 0.606. The zero-order chi connectivity index (χ0) is 43.6. The maximum Gasteiger partial charge on any atom is 0.328 e. The lowest BCUT2D eigenvalue weighted by Crippen LogP contribution is -2.62. The number of carbonyl (C=O) groups excluding carboxylic acids is 7. The lowest BCUT2D eigenvalue weighted by Gasteiger charge is -2.30. The van der Waals surface area contributed by atoms with Crippen molar-refractivity contribution in [1.82, 2.24) is 42.1 Å². The van der Waals surface area contributed by atoms with E-state index in [1.54, 1.807) is 20.8 Å². The van der Waals surface area contributed by atoms with E-state index in [1.807, 2.05) is 0 Å². The first-order chi connectivity index (χ1) is 26.5. The van der Waals surface area contributed by atoms with Gasteiger partial charge in [0.25, 0.3) is 11.8 Å².